The number of carbonyl (C=O) groups is 1. The van der Waals surface area contributed by atoms with Crippen LogP contribution < -0.4 is 15.5 Å². The van der Waals surface area contributed by atoms with Crippen LogP contribution in [0.3, 0.4) is 0 Å². The Morgan fingerprint density at radius 2 is 1.70 bits per heavy atom. The molecule has 8 nitrogen and oxygen atoms in total. The number of anilines is 2. The van der Waals surface area contributed by atoms with Crippen molar-refractivity contribution in [3.05, 3.63) is 84.7 Å². The molecule has 1 amide bonds. The lowest BCUT2D eigenvalue weighted by molar-refractivity contribution is 0.102. The van der Waals surface area contributed by atoms with Gasteiger partial charge in [-0.1, -0.05) is 53.8 Å². The lowest BCUT2D eigenvalue weighted by Crippen LogP contribution is -2.44. The summed E-state index contributed by atoms with van der Waals surface area (Å²) in [5, 5.41) is 7.22. The molecule has 0 saturated carbocycles. The maximum atomic E-state index is 13.5. The van der Waals surface area contributed by atoms with Gasteiger partial charge in [-0.15, -0.1) is 12.4 Å². The van der Waals surface area contributed by atoms with Crippen molar-refractivity contribution in [1.29, 1.82) is 0 Å². The fourth-order valence-corrected chi connectivity index (χ4v) is 5.12. The van der Waals surface area contributed by atoms with Crippen molar-refractivity contribution in [1.82, 2.24) is 25.3 Å². The summed E-state index contributed by atoms with van der Waals surface area (Å²) in [5.41, 5.74) is 3.53. The van der Waals surface area contributed by atoms with Gasteiger partial charge in [-0.25, -0.2) is 19.9 Å². The molecule has 3 aromatic heterocycles. The second kappa shape index (κ2) is 11.0. The fourth-order valence-electron chi connectivity index (χ4n) is 4.17. The van der Waals surface area contributed by atoms with Crippen LogP contribution in [0.1, 0.15) is 10.5 Å². The van der Waals surface area contributed by atoms with E-state index in [4.69, 9.17) is 9.97 Å². The minimum atomic E-state index is -0.294. The van der Waals surface area contributed by atoms with Crippen LogP contribution >= 0.6 is 23.7 Å². The highest BCUT2D eigenvalue weighted by atomic mass is 35.5. The number of hydrogen-bond donors (Lipinski definition) is 2. The number of amides is 1. The van der Waals surface area contributed by atoms with Crippen LogP contribution in [0.15, 0.2) is 79.0 Å². The van der Waals surface area contributed by atoms with Crippen LogP contribution in [-0.4, -0.2) is 52.0 Å². The first-order valence-corrected chi connectivity index (χ1v) is 12.6. The molecule has 4 heterocycles. The molecule has 1 saturated heterocycles. The quantitative estimate of drug-likeness (QED) is 0.334. The molecule has 1 fully saturated rings. The number of carbonyl (C=O) groups excluding carboxylic acids is 1. The number of aromatic nitrogens is 4. The van der Waals surface area contributed by atoms with Gasteiger partial charge in [-0.05, 0) is 24.3 Å². The van der Waals surface area contributed by atoms with Gasteiger partial charge in [0, 0.05) is 49.6 Å². The Bertz CT molecular complexity index is 1500. The third kappa shape index (κ3) is 5.29. The molecule has 1 aliphatic rings. The molecule has 0 radical (unpaired) electrons. The van der Waals surface area contributed by atoms with Gasteiger partial charge in [0.2, 0.25) is 0 Å². The summed E-state index contributed by atoms with van der Waals surface area (Å²) in [7, 11) is 0. The Balaban J connectivity index is 0.00000280. The Kier molecular flexibility index (Phi) is 7.36. The number of nitrogens with zero attached hydrogens (tertiary/aromatic N) is 5. The van der Waals surface area contributed by atoms with Gasteiger partial charge in [-0.2, -0.15) is 0 Å². The van der Waals surface area contributed by atoms with E-state index in [1.807, 2.05) is 66.7 Å². The molecule has 0 spiro atoms. The summed E-state index contributed by atoms with van der Waals surface area (Å²) in [4.78, 5) is 35.1. The van der Waals surface area contributed by atoms with Crippen molar-refractivity contribution < 1.29 is 4.79 Å². The van der Waals surface area contributed by atoms with Gasteiger partial charge in [-0.3, -0.25) is 4.79 Å². The second-order valence-electron chi connectivity index (χ2n) is 8.38. The Morgan fingerprint density at radius 3 is 2.51 bits per heavy atom. The predicted molar refractivity (Wildman–Crippen MR) is 151 cm³/mol. The summed E-state index contributed by atoms with van der Waals surface area (Å²) >= 11 is 1.50. The summed E-state index contributed by atoms with van der Waals surface area (Å²) in [6, 6.07) is 23.0. The van der Waals surface area contributed by atoms with Crippen molar-refractivity contribution in [2.24, 2.45) is 0 Å². The number of rotatable bonds is 5. The number of para-hydroxylation sites is 1. The first-order chi connectivity index (χ1) is 17.7. The van der Waals surface area contributed by atoms with Crippen molar-refractivity contribution in [3.63, 3.8) is 0 Å². The van der Waals surface area contributed by atoms with Crippen molar-refractivity contribution in [3.8, 4) is 22.0 Å². The lowest BCUT2D eigenvalue weighted by atomic mass is 10.1. The molecule has 0 unspecified atom stereocenters. The van der Waals surface area contributed by atoms with Gasteiger partial charge in [0.1, 0.15) is 26.9 Å². The SMILES string of the molecule is Cl.O=C(Nc1ccccc1-c1nc2cccnc2s1)c1cc(N2CCNCC2)nc(-c2ccccc2)n1. The molecular formula is C27H24ClN7OS. The number of thiazole rings is 1. The van der Waals surface area contributed by atoms with Crippen LogP contribution in [0.4, 0.5) is 11.5 Å². The van der Waals surface area contributed by atoms with Crippen LogP contribution in [0, 0.1) is 0 Å². The molecule has 5 aromatic rings. The molecule has 0 bridgehead atoms. The average Bonchev–Trinajstić information content (AvgIpc) is 3.38. The average molecular weight is 530 g/mol. The minimum absolute atomic E-state index is 0. The normalized spacial score (nSPS) is 13.2. The zero-order valence-corrected chi connectivity index (χ0v) is 21.4. The highest BCUT2D eigenvalue weighted by Crippen LogP contribution is 2.34. The summed E-state index contributed by atoms with van der Waals surface area (Å²) in [6.45, 7) is 3.38. The molecule has 2 N–H and O–H groups in total. The summed E-state index contributed by atoms with van der Waals surface area (Å²) in [6.07, 6.45) is 1.76. The number of pyridine rings is 1. The predicted octanol–water partition coefficient (Wildman–Crippen LogP) is 4.90. The van der Waals surface area contributed by atoms with E-state index in [0.717, 1.165) is 58.5 Å². The molecule has 0 aliphatic carbocycles. The van der Waals surface area contributed by atoms with Gasteiger partial charge < -0.3 is 15.5 Å². The van der Waals surface area contributed by atoms with Gasteiger partial charge in [0.25, 0.3) is 5.91 Å². The first-order valence-electron chi connectivity index (χ1n) is 11.8. The molecular weight excluding hydrogens is 506 g/mol. The van der Waals surface area contributed by atoms with E-state index >= 15 is 0 Å². The number of nitrogens with one attached hydrogen (secondary N) is 2. The zero-order chi connectivity index (χ0) is 24.3. The standard InChI is InChI=1S/C27H23N7OS.ClH/c35-25(31-20-10-5-4-9-19(20)26-32-21-11-6-12-29-27(21)36-26)22-17-23(34-15-13-28-14-16-34)33-24(30-22)18-7-2-1-3-8-18;/h1-12,17,28H,13-16H2,(H,31,35);1H. The fraction of sp³-hybridized carbons (Fsp3) is 0.148. The largest absolute Gasteiger partial charge is 0.354 e. The van der Waals surface area contributed by atoms with E-state index in [0.29, 0.717) is 17.2 Å². The van der Waals surface area contributed by atoms with Crippen molar-refractivity contribution in [2.75, 3.05) is 36.4 Å². The van der Waals surface area contributed by atoms with E-state index < -0.39 is 0 Å². The monoisotopic (exact) mass is 529 g/mol. The van der Waals surface area contributed by atoms with E-state index in [1.54, 1.807) is 12.3 Å². The maximum Gasteiger partial charge on any atom is 0.274 e. The van der Waals surface area contributed by atoms with Gasteiger partial charge in [0.05, 0.1) is 5.69 Å². The lowest BCUT2D eigenvalue weighted by Gasteiger charge is -2.28. The highest BCUT2D eigenvalue weighted by Gasteiger charge is 2.20. The number of benzene rings is 2. The Labute approximate surface area is 224 Å². The van der Waals surface area contributed by atoms with Crippen LogP contribution in [0.5, 0.6) is 0 Å². The highest BCUT2D eigenvalue weighted by molar-refractivity contribution is 7.21. The zero-order valence-electron chi connectivity index (χ0n) is 19.8. The van der Waals surface area contributed by atoms with Gasteiger partial charge >= 0.3 is 0 Å². The Morgan fingerprint density at radius 1 is 0.919 bits per heavy atom. The smallest absolute Gasteiger partial charge is 0.274 e. The third-order valence-electron chi connectivity index (χ3n) is 5.99. The minimum Gasteiger partial charge on any atom is -0.354 e. The number of fused-ring (bicyclic) bond motifs is 1. The molecule has 2 aromatic carbocycles. The number of hydrogen-bond acceptors (Lipinski definition) is 8. The molecule has 0 atom stereocenters. The van der Waals surface area contributed by atoms with E-state index in [2.05, 4.69) is 25.5 Å². The topological polar surface area (TPSA) is 95.9 Å². The molecule has 1 aliphatic heterocycles. The van der Waals surface area contributed by atoms with Crippen LogP contribution in [-0.2, 0) is 0 Å². The maximum absolute atomic E-state index is 13.5. The molecule has 37 heavy (non-hydrogen) atoms. The van der Waals surface area contributed by atoms with Crippen LogP contribution in [0.2, 0.25) is 0 Å². The molecule has 186 valence electrons. The van der Waals surface area contributed by atoms with E-state index in [1.165, 1.54) is 11.3 Å². The summed E-state index contributed by atoms with van der Waals surface area (Å²) < 4.78 is 0. The van der Waals surface area contributed by atoms with Crippen molar-refractivity contribution in [2.45, 2.75) is 0 Å². The van der Waals surface area contributed by atoms with Crippen LogP contribution in [0.25, 0.3) is 32.3 Å². The molecule has 10 heteroatoms. The second-order valence-corrected chi connectivity index (χ2v) is 9.36. The summed E-state index contributed by atoms with van der Waals surface area (Å²) in [5.74, 6) is 0.987. The van der Waals surface area contributed by atoms with E-state index in [-0.39, 0.29) is 18.3 Å². The first kappa shape index (κ1) is 24.8. The van der Waals surface area contributed by atoms with Gasteiger partial charge in [0.15, 0.2) is 5.82 Å². The third-order valence-corrected chi connectivity index (χ3v) is 7.00. The number of piperazine rings is 1. The number of halogens is 1. The van der Waals surface area contributed by atoms with E-state index in [9.17, 15) is 4.79 Å². The Hall–Kier alpha value is -3.92. The molecule has 6 rings (SSSR count). The van der Waals surface area contributed by atoms with Crippen molar-refractivity contribution >= 4 is 51.5 Å².